The highest BCUT2D eigenvalue weighted by atomic mass is 32.1. The Bertz CT molecular complexity index is 746. The summed E-state index contributed by atoms with van der Waals surface area (Å²) in [7, 11) is 0. The van der Waals surface area contributed by atoms with E-state index in [9.17, 15) is 9.90 Å². The minimum Gasteiger partial charge on any atom is -0.394 e. The molecule has 1 aromatic carbocycles. The van der Waals surface area contributed by atoms with E-state index in [1.807, 2.05) is 19.1 Å². The zero-order chi connectivity index (χ0) is 17.3. The number of aliphatic hydroxyl groups is 1. The molecule has 3 rings (SSSR count). The van der Waals surface area contributed by atoms with Crippen molar-refractivity contribution in [2.24, 2.45) is 5.92 Å². The van der Waals surface area contributed by atoms with E-state index in [-0.39, 0.29) is 18.7 Å². The molecule has 24 heavy (non-hydrogen) atoms. The standard InChI is InChI=1S/C17H22N4O2S/c1-10-4-5-13(12(3)8-10)15-19-20-16(24-15)18-17(23)21-7-6-11(2)14(21)9-22/h4-5,8,11,14,22H,6-7,9H2,1-3H3,(H,18,20,23)/t11-,14+/m1/s1. The van der Waals surface area contributed by atoms with E-state index in [4.69, 9.17) is 0 Å². The van der Waals surface area contributed by atoms with Crippen molar-refractivity contribution in [3.05, 3.63) is 29.3 Å². The SMILES string of the molecule is Cc1ccc(-c2nnc(NC(=O)N3CC[C@@H](C)[C@@H]3CO)s2)c(C)c1. The van der Waals surface area contributed by atoms with Gasteiger partial charge in [0.15, 0.2) is 0 Å². The number of amides is 2. The maximum Gasteiger partial charge on any atom is 0.324 e. The Labute approximate surface area is 145 Å². The number of nitrogens with one attached hydrogen (secondary N) is 1. The van der Waals surface area contributed by atoms with Crippen LogP contribution in [0.5, 0.6) is 0 Å². The number of urea groups is 1. The third-order valence-electron chi connectivity index (χ3n) is 4.58. The molecule has 0 radical (unpaired) electrons. The fourth-order valence-electron chi connectivity index (χ4n) is 3.14. The summed E-state index contributed by atoms with van der Waals surface area (Å²) >= 11 is 1.36. The fourth-order valence-corrected chi connectivity index (χ4v) is 3.96. The van der Waals surface area contributed by atoms with Gasteiger partial charge in [-0.15, -0.1) is 10.2 Å². The fraction of sp³-hybridized carbons (Fsp3) is 0.471. The monoisotopic (exact) mass is 346 g/mol. The Balaban J connectivity index is 1.73. The number of likely N-dealkylation sites (tertiary alicyclic amines) is 1. The maximum absolute atomic E-state index is 12.4. The summed E-state index contributed by atoms with van der Waals surface area (Å²) in [5.74, 6) is 0.306. The second-order valence-electron chi connectivity index (χ2n) is 6.37. The molecular formula is C17H22N4O2S. The van der Waals surface area contributed by atoms with Crippen LogP contribution in [0.25, 0.3) is 10.6 Å². The Hall–Kier alpha value is -1.99. The second kappa shape index (κ2) is 6.86. The van der Waals surface area contributed by atoms with Gasteiger partial charge in [0.05, 0.1) is 12.6 Å². The number of carbonyl (C=O) groups excluding carboxylic acids is 1. The molecule has 0 aliphatic carbocycles. The summed E-state index contributed by atoms with van der Waals surface area (Å²) < 4.78 is 0. The highest BCUT2D eigenvalue weighted by Gasteiger charge is 2.34. The van der Waals surface area contributed by atoms with E-state index in [1.165, 1.54) is 16.9 Å². The van der Waals surface area contributed by atoms with Crippen LogP contribution in [0.1, 0.15) is 24.5 Å². The smallest absolute Gasteiger partial charge is 0.324 e. The van der Waals surface area contributed by atoms with Crippen molar-refractivity contribution in [3.8, 4) is 10.6 Å². The summed E-state index contributed by atoms with van der Waals surface area (Å²) in [5, 5.41) is 21.8. The lowest BCUT2D eigenvalue weighted by Crippen LogP contribution is -2.42. The normalized spacial score (nSPS) is 20.4. The molecule has 2 heterocycles. The quantitative estimate of drug-likeness (QED) is 0.895. The summed E-state index contributed by atoms with van der Waals surface area (Å²) in [6, 6.07) is 5.82. The van der Waals surface area contributed by atoms with Gasteiger partial charge in [0.2, 0.25) is 5.13 Å². The Morgan fingerprint density at radius 3 is 2.92 bits per heavy atom. The van der Waals surface area contributed by atoms with Gasteiger partial charge in [-0.1, -0.05) is 42.0 Å². The van der Waals surface area contributed by atoms with Crippen molar-refractivity contribution in [1.82, 2.24) is 15.1 Å². The highest BCUT2D eigenvalue weighted by Crippen LogP contribution is 2.30. The van der Waals surface area contributed by atoms with Crippen molar-refractivity contribution in [2.45, 2.75) is 33.2 Å². The number of hydrogen-bond donors (Lipinski definition) is 2. The molecule has 1 aliphatic rings. The molecule has 2 atom stereocenters. The molecule has 128 valence electrons. The summed E-state index contributed by atoms with van der Waals surface area (Å²) in [6.07, 6.45) is 0.905. The molecule has 2 aromatic rings. The molecule has 7 heteroatoms. The Kier molecular flexibility index (Phi) is 4.82. The zero-order valence-corrected chi connectivity index (χ0v) is 14.9. The average molecular weight is 346 g/mol. The van der Waals surface area contributed by atoms with Gasteiger partial charge in [-0.2, -0.15) is 0 Å². The van der Waals surface area contributed by atoms with Crippen molar-refractivity contribution in [1.29, 1.82) is 0 Å². The highest BCUT2D eigenvalue weighted by molar-refractivity contribution is 7.18. The number of nitrogens with zero attached hydrogens (tertiary/aromatic N) is 3. The molecule has 0 unspecified atom stereocenters. The van der Waals surface area contributed by atoms with E-state index in [0.29, 0.717) is 17.6 Å². The lowest BCUT2D eigenvalue weighted by Gasteiger charge is -2.24. The summed E-state index contributed by atoms with van der Waals surface area (Å²) in [6.45, 7) is 6.79. The summed E-state index contributed by atoms with van der Waals surface area (Å²) in [4.78, 5) is 14.1. The molecule has 0 bridgehead atoms. The molecule has 1 saturated heterocycles. The first-order chi connectivity index (χ1) is 11.5. The lowest BCUT2D eigenvalue weighted by molar-refractivity contribution is 0.152. The van der Waals surface area contributed by atoms with Crippen LogP contribution in [0, 0.1) is 19.8 Å². The van der Waals surface area contributed by atoms with E-state index >= 15 is 0 Å². The van der Waals surface area contributed by atoms with Crippen LogP contribution in [0.2, 0.25) is 0 Å². The number of hydrogen-bond acceptors (Lipinski definition) is 5. The first-order valence-corrected chi connectivity index (χ1v) is 8.91. The van der Waals surface area contributed by atoms with Gasteiger partial charge in [0.25, 0.3) is 0 Å². The van der Waals surface area contributed by atoms with Gasteiger partial charge in [-0.25, -0.2) is 4.79 Å². The number of aryl methyl sites for hydroxylation is 2. The molecular weight excluding hydrogens is 324 g/mol. The number of benzene rings is 1. The predicted molar refractivity (Wildman–Crippen MR) is 95.2 cm³/mol. The minimum atomic E-state index is -0.221. The number of carbonyl (C=O) groups is 1. The van der Waals surface area contributed by atoms with Gasteiger partial charge < -0.3 is 10.0 Å². The first-order valence-electron chi connectivity index (χ1n) is 8.09. The first kappa shape index (κ1) is 16.9. The minimum absolute atomic E-state index is 0.0154. The molecule has 1 aliphatic heterocycles. The van der Waals surface area contributed by atoms with Crippen LogP contribution in [0.15, 0.2) is 18.2 Å². The van der Waals surface area contributed by atoms with Crippen molar-refractivity contribution >= 4 is 22.5 Å². The van der Waals surface area contributed by atoms with Crippen LogP contribution in [-0.4, -0.2) is 45.4 Å². The van der Waals surface area contributed by atoms with Crippen molar-refractivity contribution in [3.63, 3.8) is 0 Å². The van der Waals surface area contributed by atoms with Crippen LogP contribution < -0.4 is 5.32 Å². The van der Waals surface area contributed by atoms with Crippen molar-refractivity contribution < 1.29 is 9.90 Å². The van der Waals surface area contributed by atoms with Gasteiger partial charge in [0.1, 0.15) is 5.01 Å². The summed E-state index contributed by atoms with van der Waals surface area (Å²) in [5.41, 5.74) is 3.37. The molecule has 6 nitrogen and oxygen atoms in total. The predicted octanol–water partition coefficient (Wildman–Crippen LogP) is 3.06. The van der Waals surface area contributed by atoms with Gasteiger partial charge in [-0.3, -0.25) is 5.32 Å². The molecule has 2 amide bonds. The van der Waals surface area contributed by atoms with E-state index in [1.54, 1.807) is 4.90 Å². The second-order valence-corrected chi connectivity index (χ2v) is 7.35. The van der Waals surface area contributed by atoms with Crippen LogP contribution >= 0.6 is 11.3 Å². The van der Waals surface area contributed by atoms with E-state index < -0.39 is 0 Å². The molecule has 1 aromatic heterocycles. The number of rotatable bonds is 3. The Morgan fingerprint density at radius 1 is 1.42 bits per heavy atom. The topological polar surface area (TPSA) is 78.4 Å². The van der Waals surface area contributed by atoms with E-state index in [0.717, 1.165) is 22.6 Å². The van der Waals surface area contributed by atoms with Gasteiger partial charge in [-0.05, 0) is 31.7 Å². The third-order valence-corrected chi connectivity index (χ3v) is 5.45. The number of anilines is 1. The average Bonchev–Trinajstić information content (AvgIpc) is 3.13. The molecule has 2 N–H and O–H groups in total. The molecule has 0 spiro atoms. The number of aliphatic hydroxyl groups excluding tert-OH is 1. The zero-order valence-electron chi connectivity index (χ0n) is 14.1. The molecule has 0 saturated carbocycles. The third kappa shape index (κ3) is 3.27. The largest absolute Gasteiger partial charge is 0.394 e. The van der Waals surface area contributed by atoms with Gasteiger partial charge in [0, 0.05) is 12.1 Å². The number of aromatic nitrogens is 2. The van der Waals surface area contributed by atoms with Gasteiger partial charge >= 0.3 is 6.03 Å². The van der Waals surface area contributed by atoms with Crippen molar-refractivity contribution in [2.75, 3.05) is 18.5 Å². The lowest BCUT2D eigenvalue weighted by atomic mass is 10.0. The van der Waals surface area contributed by atoms with E-state index in [2.05, 4.69) is 35.4 Å². The Morgan fingerprint density at radius 2 is 2.21 bits per heavy atom. The maximum atomic E-state index is 12.4. The molecule has 1 fully saturated rings. The van der Waals surface area contributed by atoms with Crippen LogP contribution in [0.3, 0.4) is 0 Å². The van der Waals surface area contributed by atoms with Crippen LogP contribution in [0.4, 0.5) is 9.93 Å². The van der Waals surface area contributed by atoms with Crippen LogP contribution in [-0.2, 0) is 0 Å².